The number of hydrogen-bond donors (Lipinski definition) is 5. The van der Waals surface area contributed by atoms with Gasteiger partial charge in [0.05, 0.1) is 6.04 Å². The average molecular weight is 261 g/mol. The van der Waals surface area contributed by atoms with Crippen molar-refractivity contribution in [1.82, 2.24) is 10.6 Å². The maximum absolute atomic E-state index is 11.2. The van der Waals surface area contributed by atoms with E-state index in [1.165, 1.54) is 0 Å². The zero-order valence-electron chi connectivity index (χ0n) is 9.51. The highest BCUT2D eigenvalue weighted by atomic mass is 16.4. The summed E-state index contributed by atoms with van der Waals surface area (Å²) in [7, 11) is 0. The Morgan fingerprint density at radius 3 is 2.00 bits per heavy atom. The minimum Gasteiger partial charge on any atom is -0.480 e. The number of nitrogens with one attached hydrogen (secondary N) is 2. The molecule has 102 valence electrons. The summed E-state index contributed by atoms with van der Waals surface area (Å²) in [5.74, 6) is -3.59. The third-order valence-corrected chi connectivity index (χ3v) is 1.87. The van der Waals surface area contributed by atoms with Crippen LogP contribution in [0, 0.1) is 0 Å². The van der Waals surface area contributed by atoms with Crippen LogP contribution in [0.25, 0.3) is 0 Å². The van der Waals surface area contributed by atoms with Gasteiger partial charge < -0.3 is 26.6 Å². The fraction of sp³-hybridized carbons (Fsp3) is 0.556. The van der Waals surface area contributed by atoms with E-state index in [2.05, 4.69) is 10.6 Å². The fourth-order valence-corrected chi connectivity index (χ4v) is 0.974. The Kier molecular flexibility index (Phi) is 7.05. The maximum atomic E-state index is 11.2. The van der Waals surface area contributed by atoms with Crippen molar-refractivity contribution in [2.24, 2.45) is 5.73 Å². The first kappa shape index (κ1) is 15.8. The second kappa shape index (κ2) is 8.01. The highest BCUT2D eigenvalue weighted by Crippen LogP contribution is 1.94. The molecule has 2 amide bonds. The van der Waals surface area contributed by atoms with Crippen LogP contribution in [-0.4, -0.2) is 53.1 Å². The van der Waals surface area contributed by atoms with Gasteiger partial charge in [0.1, 0.15) is 13.1 Å². The van der Waals surface area contributed by atoms with E-state index in [9.17, 15) is 19.2 Å². The van der Waals surface area contributed by atoms with Crippen LogP contribution in [0.1, 0.15) is 12.8 Å². The summed E-state index contributed by atoms with van der Waals surface area (Å²) in [5.41, 5.74) is 5.41. The van der Waals surface area contributed by atoms with Gasteiger partial charge in [0.2, 0.25) is 11.8 Å². The molecule has 18 heavy (non-hydrogen) atoms. The SMILES string of the molecule is NC(CCC(=O)NCC(=O)O)C(=O)NCC(=O)O. The van der Waals surface area contributed by atoms with Crippen molar-refractivity contribution in [3.05, 3.63) is 0 Å². The second-order valence-corrected chi connectivity index (χ2v) is 3.43. The highest BCUT2D eigenvalue weighted by molar-refractivity contribution is 5.86. The first-order chi connectivity index (χ1) is 8.32. The molecule has 9 nitrogen and oxygen atoms in total. The number of aliphatic carboxylic acids is 2. The normalized spacial score (nSPS) is 11.4. The Labute approximate surface area is 102 Å². The zero-order valence-corrected chi connectivity index (χ0v) is 9.51. The number of carbonyl (C=O) groups is 4. The van der Waals surface area contributed by atoms with Gasteiger partial charge >= 0.3 is 11.9 Å². The second-order valence-electron chi connectivity index (χ2n) is 3.43. The van der Waals surface area contributed by atoms with E-state index in [-0.39, 0.29) is 12.8 Å². The molecule has 0 aromatic heterocycles. The molecule has 0 saturated carbocycles. The standard InChI is InChI=1S/C9H15N3O6/c10-5(9(18)12-4-8(16)17)1-2-6(13)11-3-7(14)15/h5H,1-4,10H2,(H,11,13)(H,12,18)(H,14,15)(H,16,17). The van der Waals surface area contributed by atoms with E-state index in [0.717, 1.165) is 0 Å². The summed E-state index contributed by atoms with van der Waals surface area (Å²) in [4.78, 5) is 42.6. The molecule has 6 N–H and O–H groups in total. The minimum absolute atomic E-state index is 0.00307. The van der Waals surface area contributed by atoms with Crippen molar-refractivity contribution < 1.29 is 29.4 Å². The van der Waals surface area contributed by atoms with Gasteiger partial charge in [0, 0.05) is 6.42 Å². The molecule has 0 bridgehead atoms. The minimum atomic E-state index is -1.20. The molecule has 1 atom stereocenters. The lowest BCUT2D eigenvalue weighted by molar-refractivity contribution is -0.138. The van der Waals surface area contributed by atoms with E-state index in [1.807, 2.05) is 0 Å². The number of carboxylic acid groups (broad SMARTS) is 2. The Hall–Kier alpha value is -2.16. The summed E-state index contributed by atoms with van der Waals surface area (Å²) in [6.45, 7) is -1.04. The highest BCUT2D eigenvalue weighted by Gasteiger charge is 2.15. The molecule has 0 aliphatic heterocycles. The van der Waals surface area contributed by atoms with Crippen molar-refractivity contribution in [2.75, 3.05) is 13.1 Å². The van der Waals surface area contributed by atoms with Gasteiger partial charge in [-0.05, 0) is 6.42 Å². The van der Waals surface area contributed by atoms with E-state index in [1.54, 1.807) is 0 Å². The van der Waals surface area contributed by atoms with E-state index < -0.39 is 42.9 Å². The van der Waals surface area contributed by atoms with Crippen LogP contribution in [0.2, 0.25) is 0 Å². The van der Waals surface area contributed by atoms with E-state index >= 15 is 0 Å². The Bertz CT molecular complexity index is 343. The Morgan fingerprint density at radius 2 is 1.50 bits per heavy atom. The van der Waals surface area contributed by atoms with Crippen molar-refractivity contribution >= 4 is 23.8 Å². The van der Waals surface area contributed by atoms with E-state index in [0.29, 0.717) is 0 Å². The van der Waals surface area contributed by atoms with Gasteiger partial charge in [-0.1, -0.05) is 0 Å². The van der Waals surface area contributed by atoms with Gasteiger partial charge in [-0.3, -0.25) is 19.2 Å². The molecule has 0 fully saturated rings. The largest absolute Gasteiger partial charge is 0.480 e. The number of rotatable bonds is 8. The van der Waals surface area contributed by atoms with Crippen molar-refractivity contribution in [3.8, 4) is 0 Å². The lowest BCUT2D eigenvalue weighted by Crippen LogP contribution is -2.43. The van der Waals surface area contributed by atoms with Gasteiger partial charge in [-0.25, -0.2) is 0 Å². The summed E-state index contributed by atoms with van der Waals surface area (Å²) in [6, 6.07) is -1.01. The molecule has 0 aliphatic rings. The summed E-state index contributed by atoms with van der Waals surface area (Å²) < 4.78 is 0. The molecule has 0 rings (SSSR count). The Morgan fingerprint density at radius 1 is 1.00 bits per heavy atom. The fourth-order valence-electron chi connectivity index (χ4n) is 0.974. The third kappa shape index (κ3) is 8.05. The molecule has 0 aliphatic carbocycles. The van der Waals surface area contributed by atoms with Crippen molar-refractivity contribution in [2.45, 2.75) is 18.9 Å². The van der Waals surface area contributed by atoms with Gasteiger partial charge in [0.15, 0.2) is 0 Å². The molecule has 0 heterocycles. The molecule has 0 spiro atoms. The van der Waals surface area contributed by atoms with Crippen LogP contribution >= 0.6 is 0 Å². The van der Waals surface area contributed by atoms with Crippen molar-refractivity contribution in [3.63, 3.8) is 0 Å². The molecular formula is C9H15N3O6. The predicted molar refractivity (Wildman–Crippen MR) is 58.5 cm³/mol. The topological polar surface area (TPSA) is 159 Å². The van der Waals surface area contributed by atoms with Crippen molar-refractivity contribution in [1.29, 1.82) is 0 Å². The number of nitrogens with two attached hydrogens (primary N) is 1. The van der Waals surface area contributed by atoms with Crippen LogP contribution in [0.5, 0.6) is 0 Å². The molecule has 9 heteroatoms. The van der Waals surface area contributed by atoms with Crippen LogP contribution in [0.15, 0.2) is 0 Å². The molecule has 0 aromatic rings. The summed E-state index contributed by atoms with van der Waals surface area (Å²) in [6.07, 6.45) is -0.119. The third-order valence-electron chi connectivity index (χ3n) is 1.87. The first-order valence-corrected chi connectivity index (χ1v) is 5.06. The maximum Gasteiger partial charge on any atom is 0.322 e. The lowest BCUT2D eigenvalue weighted by Gasteiger charge is -2.10. The number of carboxylic acids is 2. The summed E-state index contributed by atoms with van der Waals surface area (Å²) in [5, 5.41) is 20.8. The molecular weight excluding hydrogens is 246 g/mol. The van der Waals surface area contributed by atoms with Gasteiger partial charge in [0.25, 0.3) is 0 Å². The quantitative estimate of drug-likeness (QED) is 0.323. The number of carbonyl (C=O) groups excluding carboxylic acids is 2. The number of amides is 2. The summed E-state index contributed by atoms with van der Waals surface area (Å²) >= 11 is 0. The zero-order chi connectivity index (χ0) is 14.1. The van der Waals surface area contributed by atoms with Crippen LogP contribution in [-0.2, 0) is 19.2 Å². The molecule has 1 unspecified atom stereocenters. The van der Waals surface area contributed by atoms with Gasteiger partial charge in [-0.2, -0.15) is 0 Å². The van der Waals surface area contributed by atoms with Crippen LogP contribution < -0.4 is 16.4 Å². The smallest absolute Gasteiger partial charge is 0.322 e. The van der Waals surface area contributed by atoms with E-state index in [4.69, 9.17) is 15.9 Å². The van der Waals surface area contributed by atoms with Crippen LogP contribution in [0.3, 0.4) is 0 Å². The molecule has 0 saturated heterocycles. The van der Waals surface area contributed by atoms with Gasteiger partial charge in [-0.15, -0.1) is 0 Å². The monoisotopic (exact) mass is 261 g/mol. The number of hydrogen-bond acceptors (Lipinski definition) is 5. The lowest BCUT2D eigenvalue weighted by atomic mass is 10.1. The molecule has 0 aromatic carbocycles. The Balaban J connectivity index is 3.84. The van der Waals surface area contributed by atoms with Crippen LogP contribution in [0.4, 0.5) is 0 Å². The predicted octanol–water partition coefficient (Wildman–Crippen LogP) is -2.50. The molecule has 0 radical (unpaired) electrons. The first-order valence-electron chi connectivity index (χ1n) is 5.06. The average Bonchev–Trinajstić information content (AvgIpc) is 2.30.